The van der Waals surface area contributed by atoms with E-state index in [9.17, 15) is 9.59 Å². The number of nitrogens with one attached hydrogen (secondary N) is 1. The average Bonchev–Trinajstić information content (AvgIpc) is 2.78. The van der Waals surface area contributed by atoms with Crippen molar-refractivity contribution in [3.8, 4) is 0 Å². The quantitative estimate of drug-likeness (QED) is 0.811. The minimum absolute atomic E-state index is 0.177. The Kier molecular flexibility index (Phi) is 3.93. The summed E-state index contributed by atoms with van der Waals surface area (Å²) in [5, 5.41) is 12.1. The zero-order chi connectivity index (χ0) is 13.2. The van der Waals surface area contributed by atoms with E-state index in [0.29, 0.717) is 12.8 Å². The largest absolute Gasteiger partial charge is 0.481 e. The normalized spacial score (nSPS) is 30.9. The lowest BCUT2D eigenvalue weighted by molar-refractivity contribution is -0.142. The Morgan fingerprint density at radius 2 is 1.67 bits per heavy atom. The molecule has 0 aromatic heterocycles. The summed E-state index contributed by atoms with van der Waals surface area (Å²) in [6, 6.07) is 0.186. The number of amides is 1. The van der Waals surface area contributed by atoms with Gasteiger partial charge in [0.2, 0.25) is 5.91 Å². The first kappa shape index (κ1) is 13.4. The molecule has 0 radical (unpaired) electrons. The Hall–Kier alpha value is -1.06. The van der Waals surface area contributed by atoms with Crippen LogP contribution in [0.2, 0.25) is 0 Å². The average molecular weight is 253 g/mol. The lowest BCUT2D eigenvalue weighted by Gasteiger charge is -2.30. The van der Waals surface area contributed by atoms with Crippen LogP contribution < -0.4 is 5.32 Å². The summed E-state index contributed by atoms with van der Waals surface area (Å²) in [6.45, 7) is 2.05. The highest BCUT2D eigenvalue weighted by molar-refractivity contribution is 5.82. The van der Waals surface area contributed by atoms with Gasteiger partial charge in [-0.15, -0.1) is 0 Å². The van der Waals surface area contributed by atoms with E-state index in [2.05, 4.69) is 12.2 Å². The Morgan fingerprint density at radius 1 is 1.11 bits per heavy atom. The highest BCUT2D eigenvalue weighted by Gasteiger charge is 2.37. The molecule has 0 heterocycles. The van der Waals surface area contributed by atoms with Crippen molar-refractivity contribution in [2.75, 3.05) is 0 Å². The van der Waals surface area contributed by atoms with E-state index in [1.165, 1.54) is 0 Å². The molecule has 4 heteroatoms. The van der Waals surface area contributed by atoms with Gasteiger partial charge in [-0.2, -0.15) is 0 Å². The van der Waals surface area contributed by atoms with E-state index < -0.39 is 5.97 Å². The Morgan fingerprint density at radius 3 is 2.17 bits per heavy atom. The van der Waals surface area contributed by atoms with Gasteiger partial charge in [-0.3, -0.25) is 9.59 Å². The van der Waals surface area contributed by atoms with Crippen molar-refractivity contribution in [1.29, 1.82) is 0 Å². The molecule has 2 aliphatic rings. The second kappa shape index (κ2) is 5.29. The summed E-state index contributed by atoms with van der Waals surface area (Å²) in [6.07, 6.45) is 7.27. The molecule has 2 N–H and O–H groups in total. The SMILES string of the molecule is CC1(C(=O)NC2CCC(C(=O)O)CC2)CCCC1. The van der Waals surface area contributed by atoms with Crippen LogP contribution >= 0.6 is 0 Å². The smallest absolute Gasteiger partial charge is 0.306 e. The maximum absolute atomic E-state index is 12.2. The lowest BCUT2D eigenvalue weighted by atomic mass is 9.84. The molecular weight excluding hydrogens is 230 g/mol. The first-order valence-corrected chi connectivity index (χ1v) is 7.05. The van der Waals surface area contributed by atoms with Gasteiger partial charge < -0.3 is 10.4 Å². The van der Waals surface area contributed by atoms with Crippen molar-refractivity contribution in [3.05, 3.63) is 0 Å². The van der Waals surface area contributed by atoms with Gasteiger partial charge in [-0.05, 0) is 38.5 Å². The maximum Gasteiger partial charge on any atom is 0.306 e. The zero-order valence-electron chi connectivity index (χ0n) is 11.1. The molecule has 0 unspecified atom stereocenters. The molecular formula is C14H23NO3. The Bertz CT molecular complexity index is 326. The molecule has 1 amide bonds. The molecule has 18 heavy (non-hydrogen) atoms. The number of hydrogen-bond donors (Lipinski definition) is 2. The minimum atomic E-state index is -0.692. The van der Waals surface area contributed by atoms with Gasteiger partial charge in [0.15, 0.2) is 0 Å². The molecule has 0 aromatic carbocycles. The molecule has 0 aliphatic heterocycles. The van der Waals surface area contributed by atoms with Crippen molar-refractivity contribution < 1.29 is 14.7 Å². The first-order valence-electron chi connectivity index (χ1n) is 7.05. The van der Waals surface area contributed by atoms with Crippen molar-refractivity contribution in [1.82, 2.24) is 5.32 Å². The summed E-state index contributed by atoms with van der Waals surface area (Å²) >= 11 is 0. The van der Waals surface area contributed by atoms with Crippen LogP contribution in [0.4, 0.5) is 0 Å². The van der Waals surface area contributed by atoms with Gasteiger partial charge in [-0.25, -0.2) is 0 Å². The third-order valence-corrected chi connectivity index (χ3v) is 4.67. The van der Waals surface area contributed by atoms with Crippen LogP contribution in [0.15, 0.2) is 0 Å². The van der Waals surface area contributed by atoms with Crippen LogP contribution in [0, 0.1) is 11.3 Å². The van der Waals surface area contributed by atoms with Crippen molar-refractivity contribution in [2.24, 2.45) is 11.3 Å². The van der Waals surface area contributed by atoms with Crippen LogP contribution in [0.3, 0.4) is 0 Å². The number of rotatable bonds is 3. The highest BCUT2D eigenvalue weighted by atomic mass is 16.4. The number of carbonyl (C=O) groups is 2. The van der Waals surface area contributed by atoms with Gasteiger partial charge in [0.05, 0.1) is 5.92 Å². The third kappa shape index (κ3) is 2.85. The summed E-state index contributed by atoms with van der Waals surface area (Å²) in [4.78, 5) is 23.1. The van der Waals surface area contributed by atoms with Crippen LogP contribution in [-0.4, -0.2) is 23.0 Å². The molecule has 2 rings (SSSR count). The summed E-state index contributed by atoms with van der Waals surface area (Å²) in [7, 11) is 0. The number of carboxylic acids is 1. The molecule has 0 spiro atoms. The van der Waals surface area contributed by atoms with E-state index >= 15 is 0 Å². The number of carboxylic acid groups (broad SMARTS) is 1. The third-order valence-electron chi connectivity index (χ3n) is 4.67. The fourth-order valence-electron chi connectivity index (χ4n) is 3.23. The lowest BCUT2D eigenvalue weighted by Crippen LogP contribution is -2.45. The molecule has 0 aromatic rings. The standard InChI is InChI=1S/C14H23NO3/c1-14(8-2-3-9-14)13(18)15-11-6-4-10(5-7-11)12(16)17/h10-11H,2-9H2,1H3,(H,15,18)(H,16,17). The molecule has 2 aliphatic carbocycles. The van der Waals surface area contributed by atoms with Gasteiger partial charge >= 0.3 is 5.97 Å². The second-order valence-electron chi connectivity index (χ2n) is 6.13. The van der Waals surface area contributed by atoms with E-state index in [4.69, 9.17) is 5.11 Å². The van der Waals surface area contributed by atoms with Crippen molar-refractivity contribution in [3.63, 3.8) is 0 Å². The second-order valence-corrected chi connectivity index (χ2v) is 6.13. The van der Waals surface area contributed by atoms with Crippen LogP contribution in [0.5, 0.6) is 0 Å². The summed E-state index contributed by atoms with van der Waals surface area (Å²) in [5.41, 5.74) is -0.177. The van der Waals surface area contributed by atoms with Crippen molar-refractivity contribution >= 4 is 11.9 Å². The van der Waals surface area contributed by atoms with Gasteiger partial charge in [-0.1, -0.05) is 19.8 Å². The van der Waals surface area contributed by atoms with Gasteiger partial charge in [0, 0.05) is 11.5 Å². The monoisotopic (exact) mass is 253 g/mol. The number of carbonyl (C=O) groups excluding carboxylic acids is 1. The van der Waals surface area contributed by atoms with E-state index in [1.807, 2.05) is 0 Å². The van der Waals surface area contributed by atoms with Crippen LogP contribution in [0.1, 0.15) is 58.3 Å². The fourth-order valence-corrected chi connectivity index (χ4v) is 3.23. The molecule has 2 fully saturated rings. The predicted octanol–water partition coefficient (Wildman–Crippen LogP) is 2.33. The molecule has 0 atom stereocenters. The molecule has 0 bridgehead atoms. The zero-order valence-corrected chi connectivity index (χ0v) is 11.1. The highest BCUT2D eigenvalue weighted by Crippen LogP contribution is 2.38. The molecule has 0 saturated heterocycles. The summed E-state index contributed by atoms with van der Waals surface area (Å²) < 4.78 is 0. The maximum atomic E-state index is 12.2. The van der Waals surface area contributed by atoms with Crippen molar-refractivity contribution in [2.45, 2.75) is 64.3 Å². The molecule has 102 valence electrons. The summed E-state index contributed by atoms with van der Waals surface area (Å²) in [5.74, 6) is -0.721. The number of hydrogen-bond acceptors (Lipinski definition) is 2. The topological polar surface area (TPSA) is 66.4 Å². The predicted molar refractivity (Wildman–Crippen MR) is 68.1 cm³/mol. The van der Waals surface area contributed by atoms with Crippen LogP contribution in [0.25, 0.3) is 0 Å². The van der Waals surface area contributed by atoms with E-state index in [-0.39, 0.29) is 23.3 Å². The number of aliphatic carboxylic acids is 1. The van der Waals surface area contributed by atoms with Crippen LogP contribution in [-0.2, 0) is 9.59 Å². The molecule has 2 saturated carbocycles. The first-order chi connectivity index (χ1) is 8.51. The van der Waals surface area contributed by atoms with E-state index in [1.54, 1.807) is 0 Å². The minimum Gasteiger partial charge on any atom is -0.481 e. The Labute approximate surface area is 108 Å². The Balaban J connectivity index is 1.81. The van der Waals surface area contributed by atoms with Gasteiger partial charge in [0.25, 0.3) is 0 Å². The van der Waals surface area contributed by atoms with E-state index in [0.717, 1.165) is 38.5 Å². The fraction of sp³-hybridized carbons (Fsp3) is 0.857. The van der Waals surface area contributed by atoms with Gasteiger partial charge in [0.1, 0.15) is 0 Å². The molecule has 4 nitrogen and oxygen atoms in total.